The lowest BCUT2D eigenvalue weighted by Gasteiger charge is -2.48. The van der Waals surface area contributed by atoms with Gasteiger partial charge in [0.15, 0.2) is 0 Å². The third kappa shape index (κ3) is 30.9. The zero-order valence-corrected chi connectivity index (χ0v) is 38.2. The molecule has 0 aromatic carbocycles. The van der Waals surface area contributed by atoms with Crippen molar-refractivity contribution in [3.63, 3.8) is 0 Å². The normalized spacial score (nSPS) is 15.1. The van der Waals surface area contributed by atoms with Crippen LogP contribution in [0, 0.1) is 0 Å². The Morgan fingerprint density at radius 3 is 1.02 bits per heavy atom. The van der Waals surface area contributed by atoms with E-state index in [0.717, 1.165) is 13.1 Å². The topological polar surface area (TPSA) is 30.5 Å². The van der Waals surface area contributed by atoms with Gasteiger partial charge in [0.2, 0.25) is 0 Å². The van der Waals surface area contributed by atoms with E-state index < -0.39 is 0 Å². The summed E-state index contributed by atoms with van der Waals surface area (Å²) >= 11 is 0. The van der Waals surface area contributed by atoms with Crippen molar-refractivity contribution in [3.8, 4) is 0 Å². The molecule has 1 rings (SSSR count). The fraction of sp³-hybridized carbons (Fsp3) is 1.00. The van der Waals surface area contributed by atoms with Gasteiger partial charge in [-0.2, -0.15) is 0 Å². The Hall–Kier alpha value is -0.160. The molecule has 324 valence electrons. The van der Waals surface area contributed by atoms with Crippen molar-refractivity contribution >= 4 is 0 Å². The summed E-state index contributed by atoms with van der Waals surface area (Å²) in [6.45, 7) is 19.1. The van der Waals surface area contributed by atoms with Crippen LogP contribution < -0.4 is 10.6 Å². The second-order valence-electron chi connectivity index (χ2n) is 18.0. The summed E-state index contributed by atoms with van der Waals surface area (Å²) in [4.78, 5) is 5.77. The molecule has 0 aromatic heterocycles. The molecule has 2 N–H and O–H groups in total. The highest BCUT2D eigenvalue weighted by molar-refractivity contribution is 4.92. The first-order valence-electron chi connectivity index (χ1n) is 25.7. The first-order chi connectivity index (χ1) is 26.7. The van der Waals surface area contributed by atoms with Crippen molar-refractivity contribution in [2.24, 2.45) is 0 Å². The standard InChI is InChI=1S/C50H104N4/c1-5-9-12-15-18-21-24-27-30-33-36-39-42-52-50(8-4,54-47-43-51-44-48-54)49-53(45-40-37-34-31-28-25-22-19-16-13-10-6-2)46-41-38-35-32-29-26-23-20-17-14-11-7-3/h51-52H,5-49H2,1-4H3. The Morgan fingerprint density at radius 1 is 0.407 bits per heavy atom. The minimum absolute atomic E-state index is 0.119. The zero-order valence-electron chi connectivity index (χ0n) is 38.2. The average Bonchev–Trinajstić information content (AvgIpc) is 3.20. The fourth-order valence-electron chi connectivity index (χ4n) is 9.10. The van der Waals surface area contributed by atoms with E-state index in [2.05, 4.69) is 48.1 Å². The highest BCUT2D eigenvalue weighted by Gasteiger charge is 2.36. The molecule has 0 amide bonds. The summed E-state index contributed by atoms with van der Waals surface area (Å²) < 4.78 is 0. The molecule has 0 aliphatic carbocycles. The van der Waals surface area contributed by atoms with Crippen molar-refractivity contribution in [2.45, 2.75) is 271 Å². The van der Waals surface area contributed by atoms with Crippen LogP contribution in [-0.4, -0.2) is 67.8 Å². The van der Waals surface area contributed by atoms with Crippen molar-refractivity contribution in [3.05, 3.63) is 0 Å². The highest BCUT2D eigenvalue weighted by atomic mass is 15.4. The molecule has 0 radical (unpaired) electrons. The van der Waals surface area contributed by atoms with Crippen LogP contribution in [0.4, 0.5) is 0 Å². The van der Waals surface area contributed by atoms with E-state index in [0.29, 0.717) is 0 Å². The summed E-state index contributed by atoms with van der Waals surface area (Å²) in [5, 5.41) is 7.92. The second-order valence-corrected chi connectivity index (χ2v) is 18.0. The van der Waals surface area contributed by atoms with E-state index in [1.807, 2.05) is 0 Å². The highest BCUT2D eigenvalue weighted by Crippen LogP contribution is 2.22. The third-order valence-corrected chi connectivity index (χ3v) is 12.9. The largest absolute Gasteiger partial charge is 0.314 e. The van der Waals surface area contributed by atoms with Crippen LogP contribution in [0.3, 0.4) is 0 Å². The molecule has 1 fully saturated rings. The minimum atomic E-state index is 0.119. The first kappa shape index (κ1) is 51.9. The molecule has 0 aromatic rings. The van der Waals surface area contributed by atoms with E-state index in [4.69, 9.17) is 0 Å². The molecule has 4 nitrogen and oxygen atoms in total. The van der Waals surface area contributed by atoms with Crippen LogP contribution in [-0.2, 0) is 0 Å². The lowest BCUT2D eigenvalue weighted by atomic mass is 10.00. The molecule has 0 bridgehead atoms. The Bertz CT molecular complexity index is 681. The number of hydrogen-bond acceptors (Lipinski definition) is 4. The van der Waals surface area contributed by atoms with Crippen LogP contribution in [0.25, 0.3) is 0 Å². The molecule has 1 aliphatic heterocycles. The molecule has 0 spiro atoms. The molecule has 1 atom stereocenters. The minimum Gasteiger partial charge on any atom is -0.314 e. The van der Waals surface area contributed by atoms with Crippen molar-refractivity contribution < 1.29 is 0 Å². The maximum Gasteiger partial charge on any atom is 0.0841 e. The summed E-state index contributed by atoms with van der Waals surface area (Å²) in [7, 11) is 0. The van der Waals surface area contributed by atoms with Gasteiger partial charge in [-0.15, -0.1) is 0 Å². The fourth-order valence-corrected chi connectivity index (χ4v) is 9.10. The van der Waals surface area contributed by atoms with E-state index >= 15 is 0 Å². The number of rotatable bonds is 44. The second kappa shape index (κ2) is 41.0. The Balaban J connectivity index is 2.55. The van der Waals surface area contributed by atoms with Gasteiger partial charge in [0.1, 0.15) is 0 Å². The van der Waals surface area contributed by atoms with Gasteiger partial charge in [-0.05, 0) is 45.3 Å². The predicted octanol–water partition coefficient (Wildman–Crippen LogP) is 15.0. The number of nitrogens with one attached hydrogen (secondary N) is 2. The zero-order chi connectivity index (χ0) is 38.9. The SMILES string of the molecule is CCCCCCCCCCCCCCNC(CC)(CN(CCCCCCCCCCCCCC)CCCCCCCCCCCCCC)N1CCNCC1. The Kier molecular flexibility index (Phi) is 39.4. The molecule has 1 aliphatic rings. The van der Waals surface area contributed by atoms with Crippen molar-refractivity contribution in [1.29, 1.82) is 0 Å². The maximum atomic E-state index is 4.27. The van der Waals surface area contributed by atoms with Crippen LogP contribution in [0.15, 0.2) is 0 Å². The molecule has 0 saturated carbocycles. The van der Waals surface area contributed by atoms with Crippen molar-refractivity contribution in [2.75, 3.05) is 52.4 Å². The predicted molar refractivity (Wildman–Crippen MR) is 245 cm³/mol. The number of hydrogen-bond donors (Lipinski definition) is 2. The molecule has 4 heteroatoms. The Labute approximate surface area is 342 Å². The molecule has 1 saturated heterocycles. The van der Waals surface area contributed by atoms with Crippen LogP contribution >= 0.6 is 0 Å². The van der Waals surface area contributed by atoms with E-state index in [-0.39, 0.29) is 5.66 Å². The monoisotopic (exact) mass is 761 g/mol. The van der Waals surface area contributed by atoms with Crippen molar-refractivity contribution in [1.82, 2.24) is 20.4 Å². The third-order valence-electron chi connectivity index (χ3n) is 12.9. The lowest BCUT2D eigenvalue weighted by molar-refractivity contribution is 0.00543. The van der Waals surface area contributed by atoms with Gasteiger partial charge in [-0.1, -0.05) is 240 Å². The molecule has 54 heavy (non-hydrogen) atoms. The molecular weight excluding hydrogens is 657 g/mol. The molecule has 1 heterocycles. The van der Waals surface area contributed by atoms with E-state index in [1.165, 1.54) is 277 Å². The van der Waals surface area contributed by atoms with Gasteiger partial charge in [0.05, 0.1) is 5.66 Å². The van der Waals surface area contributed by atoms with Crippen LogP contribution in [0.1, 0.15) is 265 Å². The van der Waals surface area contributed by atoms with E-state index in [9.17, 15) is 0 Å². The lowest BCUT2D eigenvalue weighted by Crippen LogP contribution is -2.67. The smallest absolute Gasteiger partial charge is 0.0841 e. The van der Waals surface area contributed by atoms with Gasteiger partial charge in [-0.25, -0.2) is 0 Å². The molecular formula is C50H104N4. The summed E-state index contributed by atoms with van der Waals surface area (Å²) in [6, 6.07) is 0. The average molecular weight is 761 g/mol. The maximum absolute atomic E-state index is 4.27. The number of unbranched alkanes of at least 4 members (excludes halogenated alkanes) is 33. The summed E-state index contributed by atoms with van der Waals surface area (Å²) in [6.07, 6.45) is 52.9. The first-order valence-corrected chi connectivity index (χ1v) is 25.7. The van der Waals surface area contributed by atoms with Gasteiger partial charge >= 0.3 is 0 Å². The summed E-state index contributed by atoms with van der Waals surface area (Å²) in [5.74, 6) is 0. The quantitative estimate of drug-likeness (QED) is 0.0606. The van der Waals surface area contributed by atoms with E-state index in [1.54, 1.807) is 0 Å². The number of nitrogens with zero attached hydrogens (tertiary/aromatic N) is 2. The van der Waals surface area contributed by atoms with Gasteiger partial charge in [0.25, 0.3) is 0 Å². The van der Waals surface area contributed by atoms with Crippen LogP contribution in [0.2, 0.25) is 0 Å². The van der Waals surface area contributed by atoms with Gasteiger partial charge in [0, 0.05) is 32.7 Å². The molecule has 1 unspecified atom stereocenters. The summed E-state index contributed by atoms with van der Waals surface area (Å²) in [5.41, 5.74) is 0.119. The van der Waals surface area contributed by atoms with Crippen LogP contribution in [0.5, 0.6) is 0 Å². The Morgan fingerprint density at radius 2 is 0.704 bits per heavy atom. The number of piperazine rings is 1. The van der Waals surface area contributed by atoms with Gasteiger partial charge < -0.3 is 10.2 Å². The van der Waals surface area contributed by atoms with Gasteiger partial charge in [-0.3, -0.25) is 10.2 Å².